The van der Waals surface area contributed by atoms with Crippen molar-refractivity contribution >= 4 is 11.9 Å². The molecule has 2 rings (SSSR count). The summed E-state index contributed by atoms with van der Waals surface area (Å²) in [5.74, 6) is -0.0422. The average molecular weight is 289 g/mol. The van der Waals surface area contributed by atoms with Crippen molar-refractivity contribution in [1.82, 2.24) is 5.32 Å². The minimum Gasteiger partial charge on any atom is -0.447 e. The molecule has 3 atom stereocenters. The zero-order valence-electron chi connectivity index (χ0n) is 12.7. The number of ether oxygens (including phenoxy) is 1. The Morgan fingerprint density at radius 1 is 1.24 bits per heavy atom. The Morgan fingerprint density at radius 2 is 1.95 bits per heavy atom. The van der Waals surface area contributed by atoms with Crippen molar-refractivity contribution in [3.05, 3.63) is 35.9 Å². The largest absolute Gasteiger partial charge is 0.447 e. The first-order valence-corrected chi connectivity index (χ1v) is 7.59. The van der Waals surface area contributed by atoms with Crippen LogP contribution in [0.15, 0.2) is 30.3 Å². The molecule has 1 aliphatic rings. The molecule has 0 radical (unpaired) electrons. The van der Waals surface area contributed by atoms with Crippen LogP contribution in [0, 0.1) is 5.92 Å². The van der Waals surface area contributed by atoms with E-state index in [2.05, 4.69) is 12.2 Å². The first-order valence-electron chi connectivity index (χ1n) is 7.59. The van der Waals surface area contributed by atoms with Crippen molar-refractivity contribution in [2.45, 2.75) is 51.7 Å². The standard InChI is InChI=1S/C17H23NO3/c1-12-7-6-10-15(11-12)18-17(20)16(21-13(2)19)14-8-4-3-5-9-14/h3-5,8-9,12,15-16H,6-7,10-11H2,1-2H3,(H,18,20)/t12-,15-,16+/m1/s1. The van der Waals surface area contributed by atoms with Crippen molar-refractivity contribution in [1.29, 1.82) is 0 Å². The second kappa shape index (κ2) is 7.25. The van der Waals surface area contributed by atoms with Gasteiger partial charge in [-0.05, 0) is 18.8 Å². The van der Waals surface area contributed by atoms with E-state index in [1.165, 1.54) is 13.3 Å². The highest BCUT2D eigenvalue weighted by molar-refractivity contribution is 5.84. The molecule has 114 valence electrons. The number of hydrogen-bond acceptors (Lipinski definition) is 3. The maximum Gasteiger partial charge on any atom is 0.303 e. The number of rotatable bonds is 4. The third kappa shape index (κ3) is 4.59. The maximum absolute atomic E-state index is 12.5. The molecule has 4 heteroatoms. The molecule has 1 saturated carbocycles. The van der Waals surface area contributed by atoms with E-state index in [0.29, 0.717) is 11.5 Å². The fourth-order valence-electron chi connectivity index (χ4n) is 2.91. The number of nitrogens with one attached hydrogen (secondary N) is 1. The van der Waals surface area contributed by atoms with E-state index in [4.69, 9.17) is 4.74 Å². The summed E-state index contributed by atoms with van der Waals surface area (Å²) in [4.78, 5) is 23.7. The summed E-state index contributed by atoms with van der Waals surface area (Å²) in [6.45, 7) is 3.53. The van der Waals surface area contributed by atoms with Crippen LogP contribution in [0.25, 0.3) is 0 Å². The molecule has 0 heterocycles. The summed E-state index contributed by atoms with van der Waals surface area (Å²) in [7, 11) is 0. The second-order valence-corrected chi connectivity index (χ2v) is 5.88. The lowest BCUT2D eigenvalue weighted by molar-refractivity contribution is -0.154. The van der Waals surface area contributed by atoms with E-state index in [1.54, 1.807) is 12.1 Å². The molecule has 0 saturated heterocycles. The number of carbonyl (C=O) groups excluding carboxylic acids is 2. The molecule has 0 aromatic heterocycles. The number of esters is 1. The Bertz CT molecular complexity index is 486. The van der Waals surface area contributed by atoms with Crippen LogP contribution in [0.2, 0.25) is 0 Å². The van der Waals surface area contributed by atoms with Crippen LogP contribution in [0.1, 0.15) is 51.2 Å². The fourth-order valence-corrected chi connectivity index (χ4v) is 2.91. The first kappa shape index (κ1) is 15.5. The lowest BCUT2D eigenvalue weighted by atomic mass is 9.87. The molecule has 4 nitrogen and oxygen atoms in total. The monoisotopic (exact) mass is 289 g/mol. The molecule has 0 bridgehead atoms. The van der Waals surface area contributed by atoms with Gasteiger partial charge in [0, 0.05) is 18.5 Å². The smallest absolute Gasteiger partial charge is 0.303 e. The lowest BCUT2D eigenvalue weighted by Crippen LogP contribution is -2.41. The van der Waals surface area contributed by atoms with Gasteiger partial charge in [0.1, 0.15) is 0 Å². The molecular weight excluding hydrogens is 266 g/mol. The van der Waals surface area contributed by atoms with Gasteiger partial charge in [-0.3, -0.25) is 9.59 Å². The molecule has 1 N–H and O–H groups in total. The summed E-state index contributed by atoms with van der Waals surface area (Å²) < 4.78 is 5.22. The number of hydrogen-bond donors (Lipinski definition) is 1. The Hall–Kier alpha value is -1.84. The van der Waals surface area contributed by atoms with E-state index in [-0.39, 0.29) is 11.9 Å². The first-order chi connectivity index (χ1) is 10.1. The molecule has 1 fully saturated rings. The van der Waals surface area contributed by atoms with Gasteiger partial charge in [0.2, 0.25) is 6.10 Å². The van der Waals surface area contributed by atoms with Crippen molar-refractivity contribution in [2.24, 2.45) is 5.92 Å². The third-order valence-electron chi connectivity index (χ3n) is 3.91. The van der Waals surface area contributed by atoms with Gasteiger partial charge in [0.05, 0.1) is 0 Å². The molecule has 1 aliphatic carbocycles. The van der Waals surface area contributed by atoms with E-state index >= 15 is 0 Å². The molecular formula is C17H23NO3. The Kier molecular flexibility index (Phi) is 5.37. The van der Waals surface area contributed by atoms with Crippen LogP contribution in [0.5, 0.6) is 0 Å². The molecule has 0 unspecified atom stereocenters. The van der Waals surface area contributed by atoms with Crippen LogP contribution in [0.4, 0.5) is 0 Å². The molecule has 1 aromatic rings. The molecule has 1 aromatic carbocycles. The molecule has 1 amide bonds. The van der Waals surface area contributed by atoms with E-state index in [9.17, 15) is 9.59 Å². The summed E-state index contributed by atoms with van der Waals surface area (Å²) in [5, 5.41) is 3.04. The van der Waals surface area contributed by atoms with Gasteiger partial charge >= 0.3 is 5.97 Å². The van der Waals surface area contributed by atoms with Gasteiger partial charge in [0.15, 0.2) is 0 Å². The van der Waals surface area contributed by atoms with Gasteiger partial charge in [-0.25, -0.2) is 0 Å². The third-order valence-corrected chi connectivity index (χ3v) is 3.91. The highest BCUT2D eigenvalue weighted by atomic mass is 16.5. The number of benzene rings is 1. The van der Waals surface area contributed by atoms with Crippen molar-refractivity contribution in [3.8, 4) is 0 Å². The number of amides is 1. The number of carbonyl (C=O) groups is 2. The van der Waals surface area contributed by atoms with Crippen LogP contribution in [-0.2, 0) is 14.3 Å². The highest BCUT2D eigenvalue weighted by Gasteiger charge is 2.27. The second-order valence-electron chi connectivity index (χ2n) is 5.88. The van der Waals surface area contributed by atoms with Gasteiger partial charge in [0.25, 0.3) is 5.91 Å². The molecule has 0 spiro atoms. The van der Waals surface area contributed by atoms with Crippen molar-refractivity contribution in [3.63, 3.8) is 0 Å². The van der Waals surface area contributed by atoms with E-state index in [1.807, 2.05) is 18.2 Å². The molecule has 21 heavy (non-hydrogen) atoms. The van der Waals surface area contributed by atoms with Crippen LogP contribution >= 0.6 is 0 Å². The lowest BCUT2D eigenvalue weighted by Gasteiger charge is -2.29. The van der Waals surface area contributed by atoms with Gasteiger partial charge in [-0.2, -0.15) is 0 Å². The predicted octanol–water partition coefficient (Wildman–Crippen LogP) is 2.99. The zero-order valence-corrected chi connectivity index (χ0v) is 12.7. The Balaban J connectivity index is 2.05. The van der Waals surface area contributed by atoms with Gasteiger partial charge in [-0.1, -0.05) is 50.1 Å². The fraction of sp³-hybridized carbons (Fsp3) is 0.529. The van der Waals surface area contributed by atoms with Crippen molar-refractivity contribution < 1.29 is 14.3 Å². The van der Waals surface area contributed by atoms with E-state index in [0.717, 1.165) is 19.3 Å². The van der Waals surface area contributed by atoms with Gasteiger partial charge < -0.3 is 10.1 Å². The van der Waals surface area contributed by atoms with Crippen LogP contribution in [0.3, 0.4) is 0 Å². The Labute approximate surface area is 125 Å². The zero-order chi connectivity index (χ0) is 15.2. The quantitative estimate of drug-likeness (QED) is 0.867. The predicted molar refractivity (Wildman–Crippen MR) is 80.5 cm³/mol. The van der Waals surface area contributed by atoms with Crippen LogP contribution < -0.4 is 5.32 Å². The minimum absolute atomic E-state index is 0.183. The topological polar surface area (TPSA) is 55.4 Å². The summed E-state index contributed by atoms with van der Waals surface area (Å²) >= 11 is 0. The highest BCUT2D eigenvalue weighted by Crippen LogP contribution is 2.25. The minimum atomic E-state index is -0.860. The average Bonchev–Trinajstić information content (AvgIpc) is 2.45. The van der Waals surface area contributed by atoms with Gasteiger partial charge in [-0.15, -0.1) is 0 Å². The van der Waals surface area contributed by atoms with Crippen LogP contribution in [-0.4, -0.2) is 17.9 Å². The normalized spacial score (nSPS) is 23.1. The SMILES string of the molecule is CC(=O)O[C@H](C(=O)N[C@@H]1CCC[C@@H](C)C1)c1ccccc1. The summed E-state index contributed by atoms with van der Waals surface area (Å²) in [6.07, 6.45) is 3.49. The summed E-state index contributed by atoms with van der Waals surface area (Å²) in [5.41, 5.74) is 0.703. The van der Waals surface area contributed by atoms with E-state index < -0.39 is 12.1 Å². The maximum atomic E-state index is 12.5. The summed E-state index contributed by atoms with van der Waals surface area (Å²) in [6, 6.07) is 9.33. The Morgan fingerprint density at radius 3 is 2.57 bits per heavy atom. The molecule has 0 aliphatic heterocycles. The van der Waals surface area contributed by atoms with Crippen molar-refractivity contribution in [2.75, 3.05) is 0 Å².